The second-order valence-corrected chi connectivity index (χ2v) is 8.34. The number of likely N-dealkylation sites (tertiary alicyclic amines) is 1. The Bertz CT molecular complexity index is 1310. The molecule has 1 amide bonds. The minimum absolute atomic E-state index is 0.0971. The van der Waals surface area contributed by atoms with Gasteiger partial charge in [-0.1, -0.05) is 12.1 Å². The lowest BCUT2D eigenvalue weighted by molar-refractivity contribution is -0.127. The van der Waals surface area contributed by atoms with Gasteiger partial charge < -0.3 is 14.5 Å². The van der Waals surface area contributed by atoms with Crippen LogP contribution in [0.3, 0.4) is 0 Å². The first-order valence-corrected chi connectivity index (χ1v) is 10.9. The Hall–Kier alpha value is -3.53. The second kappa shape index (κ2) is 7.56. The third kappa shape index (κ3) is 3.10. The normalized spacial score (nSPS) is 19.3. The number of carbonyl (C=O) groups is 1. The largest absolute Gasteiger partial charge is 0.378 e. The molecule has 2 aliphatic heterocycles. The fraction of sp³-hybridized carbons (Fsp3) is 0.409. The number of carbonyl (C=O) groups excluding carboxylic acids is 1. The van der Waals surface area contributed by atoms with E-state index in [1.165, 1.54) is 0 Å². The van der Waals surface area contributed by atoms with E-state index in [-0.39, 0.29) is 11.9 Å². The van der Waals surface area contributed by atoms with Crippen LogP contribution in [0.15, 0.2) is 30.6 Å². The van der Waals surface area contributed by atoms with Gasteiger partial charge >= 0.3 is 0 Å². The number of hydrogen-bond acceptors (Lipinski definition) is 7. The molecule has 164 valence electrons. The fourth-order valence-corrected chi connectivity index (χ4v) is 4.69. The van der Waals surface area contributed by atoms with Crippen molar-refractivity contribution >= 4 is 33.8 Å². The molecule has 2 fully saturated rings. The molecule has 1 unspecified atom stereocenters. The molecule has 4 aromatic rings. The molecular weight excluding hydrogens is 408 g/mol. The van der Waals surface area contributed by atoms with E-state index in [1.54, 1.807) is 6.92 Å². The van der Waals surface area contributed by atoms with Crippen LogP contribution in [0.5, 0.6) is 0 Å². The van der Waals surface area contributed by atoms with Crippen LogP contribution in [-0.2, 0) is 9.53 Å². The third-order valence-electron chi connectivity index (χ3n) is 6.43. The average molecular weight is 432 g/mol. The van der Waals surface area contributed by atoms with Crippen molar-refractivity contribution < 1.29 is 9.53 Å². The highest BCUT2D eigenvalue weighted by molar-refractivity contribution is 6.01. The minimum atomic E-state index is 0.0971. The number of ether oxygens (including phenoxy) is 1. The summed E-state index contributed by atoms with van der Waals surface area (Å²) in [5, 5.41) is 13.9. The first kappa shape index (κ1) is 19.2. The van der Waals surface area contributed by atoms with Crippen LogP contribution in [0.4, 0.5) is 5.95 Å². The summed E-state index contributed by atoms with van der Waals surface area (Å²) in [6.45, 7) is 5.81. The molecule has 3 aromatic heterocycles. The number of benzene rings is 1. The summed E-state index contributed by atoms with van der Waals surface area (Å²) in [6, 6.07) is 6.17. The van der Waals surface area contributed by atoms with Gasteiger partial charge in [0.05, 0.1) is 48.2 Å². The van der Waals surface area contributed by atoms with E-state index in [0.717, 1.165) is 59.2 Å². The van der Waals surface area contributed by atoms with Crippen molar-refractivity contribution in [3.63, 3.8) is 0 Å². The zero-order valence-corrected chi connectivity index (χ0v) is 17.9. The average Bonchev–Trinajstić information content (AvgIpc) is 3.57. The van der Waals surface area contributed by atoms with E-state index in [0.29, 0.717) is 25.7 Å². The number of nitrogens with one attached hydrogen (secondary N) is 1. The Labute approximate surface area is 184 Å². The van der Waals surface area contributed by atoms with Crippen LogP contribution in [0.1, 0.15) is 19.4 Å². The molecule has 5 heterocycles. The molecule has 2 aliphatic rings. The molecule has 10 nitrogen and oxygen atoms in total. The lowest BCUT2D eigenvalue weighted by atomic mass is 10.1. The maximum absolute atomic E-state index is 11.9. The fourth-order valence-electron chi connectivity index (χ4n) is 4.69. The first-order valence-electron chi connectivity index (χ1n) is 10.9. The van der Waals surface area contributed by atoms with Crippen LogP contribution >= 0.6 is 0 Å². The van der Waals surface area contributed by atoms with Gasteiger partial charge in [0.2, 0.25) is 11.9 Å². The SMILES string of the molecule is CC(=O)N1CCC(n2ncc3c(-c4cccc5[nH]ncc45)nc(N4CCOCC4)nc32)C1. The van der Waals surface area contributed by atoms with Gasteiger partial charge in [-0.3, -0.25) is 9.89 Å². The Morgan fingerprint density at radius 1 is 1.12 bits per heavy atom. The highest BCUT2D eigenvalue weighted by Crippen LogP contribution is 2.34. The number of nitrogens with zero attached hydrogens (tertiary/aromatic N) is 7. The lowest BCUT2D eigenvalue weighted by Gasteiger charge is -2.27. The van der Waals surface area contributed by atoms with Crippen LogP contribution in [-0.4, -0.2) is 80.1 Å². The van der Waals surface area contributed by atoms with Crippen molar-refractivity contribution in [2.24, 2.45) is 0 Å². The Morgan fingerprint density at radius 3 is 2.81 bits per heavy atom. The van der Waals surface area contributed by atoms with Crippen molar-refractivity contribution in [3.8, 4) is 11.3 Å². The summed E-state index contributed by atoms with van der Waals surface area (Å²) in [7, 11) is 0. The quantitative estimate of drug-likeness (QED) is 0.528. The van der Waals surface area contributed by atoms with Crippen LogP contribution in [0, 0.1) is 0 Å². The van der Waals surface area contributed by atoms with Crippen LogP contribution in [0.2, 0.25) is 0 Å². The van der Waals surface area contributed by atoms with E-state index < -0.39 is 0 Å². The topological polar surface area (TPSA) is 105 Å². The molecule has 0 radical (unpaired) electrons. The maximum Gasteiger partial charge on any atom is 0.228 e. The number of aromatic amines is 1. The summed E-state index contributed by atoms with van der Waals surface area (Å²) in [4.78, 5) is 25.9. The smallest absolute Gasteiger partial charge is 0.228 e. The number of H-pyrrole nitrogens is 1. The molecule has 0 spiro atoms. The molecule has 0 bridgehead atoms. The summed E-state index contributed by atoms with van der Waals surface area (Å²) in [5.74, 6) is 0.777. The van der Waals surface area contributed by atoms with E-state index in [1.807, 2.05) is 34.1 Å². The summed E-state index contributed by atoms with van der Waals surface area (Å²) >= 11 is 0. The van der Waals surface area contributed by atoms with E-state index in [4.69, 9.17) is 19.8 Å². The van der Waals surface area contributed by atoms with Gasteiger partial charge in [-0.05, 0) is 12.5 Å². The predicted molar refractivity (Wildman–Crippen MR) is 119 cm³/mol. The number of amides is 1. The second-order valence-electron chi connectivity index (χ2n) is 8.34. The number of hydrogen-bond donors (Lipinski definition) is 1. The molecule has 6 rings (SSSR count). The zero-order valence-electron chi connectivity index (χ0n) is 17.9. The molecule has 2 saturated heterocycles. The molecule has 1 N–H and O–H groups in total. The summed E-state index contributed by atoms with van der Waals surface area (Å²) < 4.78 is 7.51. The molecule has 10 heteroatoms. The first-order chi connectivity index (χ1) is 15.7. The van der Waals surface area contributed by atoms with Crippen molar-refractivity contribution in [1.29, 1.82) is 0 Å². The highest BCUT2D eigenvalue weighted by atomic mass is 16.5. The molecular formula is C22H24N8O2. The summed E-state index contributed by atoms with van der Waals surface area (Å²) in [6.07, 6.45) is 4.54. The van der Waals surface area contributed by atoms with Crippen molar-refractivity contribution in [2.75, 3.05) is 44.3 Å². The zero-order chi connectivity index (χ0) is 21.7. The Kier molecular flexibility index (Phi) is 4.53. The minimum Gasteiger partial charge on any atom is -0.378 e. The van der Waals surface area contributed by atoms with Crippen molar-refractivity contribution in [3.05, 3.63) is 30.6 Å². The predicted octanol–water partition coefficient (Wildman–Crippen LogP) is 2.00. The Morgan fingerprint density at radius 2 is 2.00 bits per heavy atom. The van der Waals surface area contributed by atoms with E-state index >= 15 is 0 Å². The van der Waals surface area contributed by atoms with Gasteiger partial charge in [0.1, 0.15) is 0 Å². The van der Waals surface area contributed by atoms with Crippen molar-refractivity contribution in [1.82, 2.24) is 34.8 Å². The maximum atomic E-state index is 11.9. The number of rotatable bonds is 3. The number of anilines is 1. The third-order valence-corrected chi connectivity index (χ3v) is 6.43. The molecule has 0 aliphatic carbocycles. The van der Waals surface area contributed by atoms with Gasteiger partial charge in [0, 0.05) is 44.1 Å². The Balaban J connectivity index is 1.53. The highest BCUT2D eigenvalue weighted by Gasteiger charge is 2.29. The lowest BCUT2D eigenvalue weighted by Crippen LogP contribution is -2.37. The van der Waals surface area contributed by atoms with Crippen molar-refractivity contribution in [2.45, 2.75) is 19.4 Å². The number of fused-ring (bicyclic) bond motifs is 2. The molecule has 32 heavy (non-hydrogen) atoms. The number of aromatic nitrogens is 6. The monoisotopic (exact) mass is 432 g/mol. The van der Waals surface area contributed by atoms with Gasteiger partial charge in [-0.15, -0.1) is 0 Å². The summed E-state index contributed by atoms with van der Waals surface area (Å²) in [5.41, 5.74) is 3.60. The number of morpholine rings is 1. The molecule has 1 atom stereocenters. The van der Waals surface area contributed by atoms with E-state index in [9.17, 15) is 4.79 Å². The molecule has 1 aromatic carbocycles. The molecule has 0 saturated carbocycles. The van der Waals surface area contributed by atoms with Crippen LogP contribution < -0.4 is 4.90 Å². The van der Waals surface area contributed by atoms with Gasteiger partial charge in [-0.25, -0.2) is 9.67 Å². The van der Waals surface area contributed by atoms with E-state index in [2.05, 4.69) is 21.2 Å². The standard InChI is InChI=1S/C22H24N8O2/c1-14(31)29-6-5-15(13-29)30-21-18(12-24-30)20(16-3-2-4-19-17(16)11-23-27-19)25-22(26-21)28-7-9-32-10-8-28/h2-4,11-12,15H,5-10,13H2,1H3,(H,23,27). The van der Waals surface area contributed by atoms with Gasteiger partial charge in [0.25, 0.3) is 0 Å². The van der Waals surface area contributed by atoms with Gasteiger partial charge in [0.15, 0.2) is 5.65 Å². The van der Waals surface area contributed by atoms with Crippen LogP contribution in [0.25, 0.3) is 33.2 Å². The van der Waals surface area contributed by atoms with Gasteiger partial charge in [-0.2, -0.15) is 15.2 Å².